The molecule has 124 valence electrons. The van der Waals surface area contributed by atoms with Crippen LogP contribution < -0.4 is 11.1 Å². The Balaban J connectivity index is 1.99. The van der Waals surface area contributed by atoms with Gasteiger partial charge >= 0.3 is 0 Å². The summed E-state index contributed by atoms with van der Waals surface area (Å²) < 4.78 is 0. The average Bonchev–Trinajstić information content (AvgIpc) is 2.54. The summed E-state index contributed by atoms with van der Waals surface area (Å²) in [4.78, 5) is 8.80. The Bertz CT molecular complexity index is 855. The van der Waals surface area contributed by atoms with Gasteiger partial charge in [0.25, 0.3) is 0 Å². The van der Waals surface area contributed by atoms with Crippen molar-refractivity contribution >= 4 is 22.4 Å². The average molecular weight is 320 g/mol. The van der Waals surface area contributed by atoms with Gasteiger partial charge in [-0.1, -0.05) is 32.0 Å². The van der Waals surface area contributed by atoms with Gasteiger partial charge in [-0.25, -0.2) is 9.97 Å². The standard InChI is InChI=1S/C20H24N4/c1-13(2)8-9-22-20-17-11-15(5-7-19(17)23-12-24-20)16-6-4-14(3)10-18(16)21/h4-7,10-13H,8-9,21H2,1-3H3,(H,22,23,24). The number of aromatic nitrogens is 2. The molecule has 0 aliphatic heterocycles. The molecule has 0 saturated heterocycles. The zero-order valence-corrected chi connectivity index (χ0v) is 14.5. The number of nitrogen functional groups attached to an aromatic ring is 1. The Hall–Kier alpha value is -2.62. The Kier molecular flexibility index (Phi) is 4.65. The van der Waals surface area contributed by atoms with Gasteiger partial charge in [-0.15, -0.1) is 0 Å². The molecular formula is C20H24N4. The van der Waals surface area contributed by atoms with Crippen molar-refractivity contribution < 1.29 is 0 Å². The van der Waals surface area contributed by atoms with Crippen LogP contribution in [0.1, 0.15) is 25.8 Å². The number of rotatable bonds is 5. The van der Waals surface area contributed by atoms with E-state index in [0.29, 0.717) is 5.92 Å². The number of hydrogen-bond donors (Lipinski definition) is 2. The lowest BCUT2D eigenvalue weighted by Crippen LogP contribution is -2.07. The molecule has 0 atom stereocenters. The smallest absolute Gasteiger partial charge is 0.137 e. The van der Waals surface area contributed by atoms with Crippen molar-refractivity contribution in [3.05, 3.63) is 48.3 Å². The highest BCUT2D eigenvalue weighted by Crippen LogP contribution is 2.30. The molecule has 4 heteroatoms. The Morgan fingerprint density at radius 1 is 1.08 bits per heavy atom. The monoisotopic (exact) mass is 320 g/mol. The second kappa shape index (κ2) is 6.87. The predicted molar refractivity (Wildman–Crippen MR) is 102 cm³/mol. The maximum atomic E-state index is 6.20. The summed E-state index contributed by atoms with van der Waals surface area (Å²) in [5.41, 5.74) is 11.2. The first-order valence-electron chi connectivity index (χ1n) is 8.39. The van der Waals surface area contributed by atoms with Crippen molar-refractivity contribution in [1.29, 1.82) is 0 Å². The van der Waals surface area contributed by atoms with Crippen LogP contribution in [0.2, 0.25) is 0 Å². The van der Waals surface area contributed by atoms with Crippen molar-refractivity contribution in [3.8, 4) is 11.1 Å². The van der Waals surface area contributed by atoms with Crippen LogP contribution in [0.25, 0.3) is 22.0 Å². The molecule has 2 aromatic carbocycles. The van der Waals surface area contributed by atoms with Gasteiger partial charge < -0.3 is 11.1 Å². The normalized spacial score (nSPS) is 11.2. The molecule has 4 nitrogen and oxygen atoms in total. The van der Waals surface area contributed by atoms with Crippen LogP contribution in [-0.2, 0) is 0 Å². The molecule has 3 aromatic rings. The maximum absolute atomic E-state index is 6.20. The number of fused-ring (bicyclic) bond motifs is 1. The number of nitrogens with two attached hydrogens (primary N) is 1. The molecule has 0 radical (unpaired) electrons. The molecule has 24 heavy (non-hydrogen) atoms. The van der Waals surface area contributed by atoms with Crippen LogP contribution >= 0.6 is 0 Å². The molecule has 0 amide bonds. The number of nitrogens with one attached hydrogen (secondary N) is 1. The van der Waals surface area contributed by atoms with E-state index in [1.165, 1.54) is 0 Å². The van der Waals surface area contributed by atoms with E-state index >= 15 is 0 Å². The zero-order valence-electron chi connectivity index (χ0n) is 14.5. The van der Waals surface area contributed by atoms with E-state index in [4.69, 9.17) is 5.73 Å². The van der Waals surface area contributed by atoms with E-state index in [2.05, 4.69) is 53.4 Å². The molecule has 1 heterocycles. The molecule has 0 fully saturated rings. The number of aryl methyl sites for hydroxylation is 1. The Morgan fingerprint density at radius 2 is 1.92 bits per heavy atom. The van der Waals surface area contributed by atoms with Gasteiger partial charge in [-0.05, 0) is 48.6 Å². The zero-order chi connectivity index (χ0) is 17.1. The first-order valence-corrected chi connectivity index (χ1v) is 8.39. The molecule has 0 saturated carbocycles. The predicted octanol–water partition coefficient (Wildman–Crippen LogP) is 4.65. The highest BCUT2D eigenvalue weighted by molar-refractivity contribution is 5.93. The van der Waals surface area contributed by atoms with Crippen LogP contribution in [0, 0.1) is 12.8 Å². The van der Waals surface area contributed by atoms with Crippen LogP contribution in [0.5, 0.6) is 0 Å². The molecule has 0 bridgehead atoms. The van der Waals surface area contributed by atoms with E-state index in [1.54, 1.807) is 6.33 Å². The fourth-order valence-electron chi connectivity index (χ4n) is 2.79. The molecule has 0 unspecified atom stereocenters. The summed E-state index contributed by atoms with van der Waals surface area (Å²) in [5.74, 6) is 1.54. The van der Waals surface area contributed by atoms with Crippen LogP contribution in [-0.4, -0.2) is 16.5 Å². The Labute approximate surface area is 143 Å². The summed E-state index contributed by atoms with van der Waals surface area (Å²) in [7, 11) is 0. The van der Waals surface area contributed by atoms with Crippen LogP contribution in [0.3, 0.4) is 0 Å². The number of nitrogens with zero attached hydrogens (tertiary/aromatic N) is 2. The lowest BCUT2D eigenvalue weighted by atomic mass is 10.0. The molecule has 0 spiro atoms. The summed E-state index contributed by atoms with van der Waals surface area (Å²) in [6, 6.07) is 12.4. The molecule has 3 N–H and O–H groups in total. The highest BCUT2D eigenvalue weighted by atomic mass is 15.0. The highest BCUT2D eigenvalue weighted by Gasteiger charge is 2.08. The number of hydrogen-bond acceptors (Lipinski definition) is 4. The first-order chi connectivity index (χ1) is 11.5. The van der Waals surface area contributed by atoms with Crippen LogP contribution in [0.15, 0.2) is 42.7 Å². The van der Waals surface area contributed by atoms with Crippen LogP contribution in [0.4, 0.5) is 11.5 Å². The molecule has 3 rings (SSSR count). The lowest BCUT2D eigenvalue weighted by molar-refractivity contribution is 0.607. The summed E-state index contributed by atoms with van der Waals surface area (Å²) in [5, 5.41) is 4.47. The minimum atomic E-state index is 0.661. The van der Waals surface area contributed by atoms with E-state index in [1.807, 2.05) is 19.1 Å². The number of anilines is 2. The summed E-state index contributed by atoms with van der Waals surface area (Å²) >= 11 is 0. The fraction of sp³-hybridized carbons (Fsp3) is 0.300. The van der Waals surface area contributed by atoms with Gasteiger partial charge in [0, 0.05) is 23.2 Å². The number of benzene rings is 2. The van der Waals surface area contributed by atoms with E-state index < -0.39 is 0 Å². The molecular weight excluding hydrogens is 296 g/mol. The summed E-state index contributed by atoms with van der Waals surface area (Å²) in [6.07, 6.45) is 2.72. The third-order valence-corrected chi connectivity index (χ3v) is 4.17. The van der Waals surface area contributed by atoms with Gasteiger partial charge in [0.2, 0.25) is 0 Å². The van der Waals surface area contributed by atoms with Crippen molar-refractivity contribution in [2.24, 2.45) is 5.92 Å². The Morgan fingerprint density at radius 3 is 2.67 bits per heavy atom. The third-order valence-electron chi connectivity index (χ3n) is 4.17. The van der Waals surface area contributed by atoms with Gasteiger partial charge in [-0.3, -0.25) is 0 Å². The minimum Gasteiger partial charge on any atom is -0.398 e. The van der Waals surface area contributed by atoms with E-state index in [9.17, 15) is 0 Å². The third kappa shape index (κ3) is 3.48. The van der Waals surface area contributed by atoms with Crippen molar-refractivity contribution in [3.63, 3.8) is 0 Å². The fourth-order valence-corrected chi connectivity index (χ4v) is 2.79. The van der Waals surface area contributed by atoms with Gasteiger partial charge in [0.1, 0.15) is 12.1 Å². The van der Waals surface area contributed by atoms with Crippen molar-refractivity contribution in [2.45, 2.75) is 27.2 Å². The quantitative estimate of drug-likeness (QED) is 0.672. The molecule has 0 aliphatic carbocycles. The molecule has 0 aliphatic rings. The summed E-state index contributed by atoms with van der Waals surface area (Å²) in [6.45, 7) is 7.39. The topological polar surface area (TPSA) is 63.8 Å². The minimum absolute atomic E-state index is 0.661. The second-order valence-electron chi connectivity index (χ2n) is 6.65. The van der Waals surface area contributed by atoms with Gasteiger partial charge in [0.15, 0.2) is 0 Å². The van der Waals surface area contributed by atoms with Crippen molar-refractivity contribution in [2.75, 3.05) is 17.6 Å². The van der Waals surface area contributed by atoms with E-state index in [-0.39, 0.29) is 0 Å². The maximum Gasteiger partial charge on any atom is 0.137 e. The van der Waals surface area contributed by atoms with Gasteiger partial charge in [0.05, 0.1) is 5.52 Å². The van der Waals surface area contributed by atoms with Gasteiger partial charge in [-0.2, -0.15) is 0 Å². The molecule has 1 aromatic heterocycles. The van der Waals surface area contributed by atoms with Crippen molar-refractivity contribution in [1.82, 2.24) is 9.97 Å². The largest absolute Gasteiger partial charge is 0.398 e. The second-order valence-corrected chi connectivity index (χ2v) is 6.65. The lowest BCUT2D eigenvalue weighted by Gasteiger charge is -2.12. The SMILES string of the molecule is Cc1ccc(-c2ccc3ncnc(NCCC(C)C)c3c2)c(N)c1. The van der Waals surface area contributed by atoms with E-state index in [0.717, 1.165) is 52.1 Å². The first kappa shape index (κ1) is 16.2.